The Hall–Kier alpha value is -1.37. The molecule has 0 spiro atoms. The van der Waals surface area contributed by atoms with Crippen LogP contribution in [0.1, 0.15) is 58.8 Å². The van der Waals surface area contributed by atoms with Crippen molar-refractivity contribution in [3.8, 4) is 5.75 Å². The molecule has 5 rings (SSSR count). The molecule has 39 heavy (non-hydrogen) atoms. The van der Waals surface area contributed by atoms with E-state index in [0.29, 0.717) is 11.8 Å². The Bertz CT molecular complexity index is 1010. The van der Waals surface area contributed by atoms with E-state index in [-0.39, 0.29) is 44.3 Å². The molecule has 1 aromatic carbocycles. The van der Waals surface area contributed by atoms with Crippen molar-refractivity contribution < 1.29 is 36.9 Å². The van der Waals surface area contributed by atoms with Crippen LogP contribution < -0.4 is 9.64 Å². The number of thioether (sulfide) groups is 1. The Kier molecular flexibility index (Phi) is 9.60. The fourth-order valence-electron chi connectivity index (χ4n) is 4.91. The van der Waals surface area contributed by atoms with Crippen LogP contribution in [-0.4, -0.2) is 78.5 Å². The summed E-state index contributed by atoms with van der Waals surface area (Å²) in [6.45, 7) is 4.46. The molecule has 12 heteroatoms. The first-order valence-electron chi connectivity index (χ1n) is 13.5. The Morgan fingerprint density at radius 1 is 1.23 bits per heavy atom. The lowest BCUT2D eigenvalue weighted by atomic mass is 9.87. The minimum atomic E-state index is -2.59. The van der Waals surface area contributed by atoms with Gasteiger partial charge in [-0.05, 0) is 50.9 Å². The third kappa shape index (κ3) is 7.68. The summed E-state index contributed by atoms with van der Waals surface area (Å²) in [4.78, 5) is 16.1. The third-order valence-corrected chi connectivity index (χ3v) is 9.95. The number of benzene rings is 1. The molecule has 0 atom stereocenters. The van der Waals surface area contributed by atoms with Gasteiger partial charge >= 0.3 is 5.97 Å². The number of carboxylic acids is 1. The summed E-state index contributed by atoms with van der Waals surface area (Å²) in [5.74, 6) is -5.40. The van der Waals surface area contributed by atoms with Crippen molar-refractivity contribution >= 4 is 35.4 Å². The quantitative estimate of drug-likeness (QED) is 0.260. The summed E-state index contributed by atoms with van der Waals surface area (Å²) in [5, 5.41) is 9.47. The molecule has 2 aliphatic heterocycles. The van der Waals surface area contributed by atoms with Gasteiger partial charge in [0.2, 0.25) is 11.8 Å². The van der Waals surface area contributed by atoms with Gasteiger partial charge in [0.1, 0.15) is 17.8 Å². The smallest absolute Gasteiger partial charge is 0.317 e. The highest BCUT2D eigenvalue weighted by Crippen LogP contribution is 2.51. The predicted molar refractivity (Wildman–Crippen MR) is 146 cm³/mol. The van der Waals surface area contributed by atoms with Gasteiger partial charge in [0.05, 0.1) is 28.7 Å². The molecule has 2 saturated carbocycles. The maximum atomic E-state index is 13.5. The second kappa shape index (κ2) is 12.2. The van der Waals surface area contributed by atoms with E-state index in [0.717, 1.165) is 35.5 Å². The molecule has 6 nitrogen and oxygen atoms in total. The highest BCUT2D eigenvalue weighted by atomic mass is 32.2. The molecular weight excluding hydrogens is 556 g/mol. The number of fused-ring (bicyclic) bond motifs is 1. The number of rotatable bonds is 8. The molecule has 1 N–H and O–H groups in total. The van der Waals surface area contributed by atoms with Crippen molar-refractivity contribution in [2.75, 3.05) is 44.9 Å². The fraction of sp³-hybridized carbons (Fsp3) is 0.741. The molecule has 3 fully saturated rings. The largest absolute Gasteiger partial charge is 0.491 e. The molecule has 1 saturated heterocycles. The number of alkyl halides is 4. The van der Waals surface area contributed by atoms with Crippen molar-refractivity contribution in [3.05, 3.63) is 12.1 Å². The molecule has 0 amide bonds. The van der Waals surface area contributed by atoms with Gasteiger partial charge in [0.15, 0.2) is 0 Å². The van der Waals surface area contributed by atoms with E-state index in [9.17, 15) is 27.5 Å². The maximum absolute atomic E-state index is 13.5. The van der Waals surface area contributed by atoms with Gasteiger partial charge in [-0.2, -0.15) is 0 Å². The average molecular weight is 595 g/mol. The average Bonchev–Trinajstić information content (AvgIpc) is 3.28. The standard InChI is InChI=1S/C23H30F2N2O4S2.C4H8F2/c1-26-6-7-27(15-4-2-3-5-15)17-8-20(32-16-10-23(24,25)11-16)18(9-19(17)33-26)31-14-22(21(28)29)12-30-13-22;1-3-4(2,5)6/h8-9,15-16H,2-7,10-14H2,1H3,(H,28,29);3H2,1-2H3. The number of anilines is 1. The lowest BCUT2D eigenvalue weighted by Gasteiger charge is -2.38. The van der Waals surface area contributed by atoms with E-state index >= 15 is 0 Å². The van der Waals surface area contributed by atoms with Gasteiger partial charge in [0, 0.05) is 43.6 Å². The summed E-state index contributed by atoms with van der Waals surface area (Å²) in [6, 6.07) is 4.58. The third-order valence-electron chi connectivity index (χ3n) is 7.69. The van der Waals surface area contributed by atoms with E-state index in [4.69, 9.17) is 9.47 Å². The van der Waals surface area contributed by atoms with Crippen LogP contribution in [0, 0.1) is 5.41 Å². The molecule has 4 aliphatic rings. The van der Waals surface area contributed by atoms with Crippen LogP contribution in [-0.2, 0) is 9.53 Å². The maximum Gasteiger partial charge on any atom is 0.317 e. The molecule has 2 aliphatic carbocycles. The Morgan fingerprint density at radius 3 is 2.38 bits per heavy atom. The van der Waals surface area contributed by atoms with Crippen LogP contribution in [0.5, 0.6) is 5.75 Å². The summed E-state index contributed by atoms with van der Waals surface area (Å²) in [7, 11) is 2.07. The van der Waals surface area contributed by atoms with Crippen molar-refractivity contribution in [1.29, 1.82) is 0 Å². The molecule has 0 unspecified atom stereocenters. The number of carboxylic acid groups (broad SMARTS) is 1. The zero-order chi connectivity index (χ0) is 28.4. The van der Waals surface area contributed by atoms with Crippen molar-refractivity contribution in [2.45, 2.75) is 91.7 Å². The second-order valence-electron chi connectivity index (χ2n) is 11.1. The molecule has 220 valence electrons. The van der Waals surface area contributed by atoms with E-state index < -0.39 is 23.2 Å². The number of nitrogens with zero attached hydrogens (tertiary/aromatic N) is 2. The van der Waals surface area contributed by atoms with E-state index in [1.54, 1.807) is 11.9 Å². The number of likely N-dealkylation sites (N-methyl/N-ethyl adjacent to an activating group) is 1. The molecule has 0 radical (unpaired) electrons. The highest BCUT2D eigenvalue weighted by Gasteiger charge is 2.48. The van der Waals surface area contributed by atoms with Crippen LogP contribution >= 0.6 is 23.7 Å². The zero-order valence-corrected chi connectivity index (χ0v) is 24.3. The summed E-state index contributed by atoms with van der Waals surface area (Å²) in [6.07, 6.45) is 4.48. The van der Waals surface area contributed by atoms with Crippen molar-refractivity contribution in [1.82, 2.24) is 4.31 Å². The highest BCUT2D eigenvalue weighted by molar-refractivity contribution is 8.00. The summed E-state index contributed by atoms with van der Waals surface area (Å²) in [5.41, 5.74) is 0.0926. The summed E-state index contributed by atoms with van der Waals surface area (Å²) >= 11 is 3.09. The van der Waals surface area contributed by atoms with Crippen LogP contribution in [0.4, 0.5) is 23.2 Å². The molecule has 2 heterocycles. The van der Waals surface area contributed by atoms with Gasteiger partial charge in [-0.25, -0.2) is 21.9 Å². The van der Waals surface area contributed by atoms with E-state index in [1.807, 2.05) is 6.07 Å². The van der Waals surface area contributed by atoms with E-state index in [2.05, 4.69) is 22.3 Å². The number of hydrogen-bond donors (Lipinski definition) is 1. The lowest BCUT2D eigenvalue weighted by Crippen LogP contribution is -2.53. The Labute approximate surface area is 236 Å². The lowest BCUT2D eigenvalue weighted by molar-refractivity contribution is -0.185. The first kappa shape index (κ1) is 30.6. The molecule has 0 aromatic heterocycles. The molecule has 1 aromatic rings. The number of ether oxygens (including phenoxy) is 2. The van der Waals surface area contributed by atoms with Gasteiger partial charge in [-0.1, -0.05) is 19.8 Å². The predicted octanol–water partition coefficient (Wildman–Crippen LogP) is 6.81. The number of halogens is 4. The number of carbonyl (C=O) groups is 1. The number of aliphatic carboxylic acids is 1. The van der Waals surface area contributed by atoms with Crippen molar-refractivity contribution in [2.24, 2.45) is 5.41 Å². The SMILES string of the molecule is CCC(C)(F)F.CN1CCN(C2CCCC2)c2cc(SC3CC(F)(F)C3)c(OCC3(C(=O)O)COC3)cc2S1. The van der Waals surface area contributed by atoms with Crippen molar-refractivity contribution in [3.63, 3.8) is 0 Å². The minimum Gasteiger partial charge on any atom is -0.491 e. The van der Waals surface area contributed by atoms with Crippen LogP contribution in [0.2, 0.25) is 0 Å². The van der Waals surface area contributed by atoms with Crippen LogP contribution in [0.3, 0.4) is 0 Å². The Balaban J connectivity index is 0.000000531. The number of hydrogen-bond acceptors (Lipinski definition) is 7. The second-order valence-corrected chi connectivity index (χ2v) is 13.7. The van der Waals surface area contributed by atoms with E-state index in [1.165, 1.54) is 44.4 Å². The van der Waals surface area contributed by atoms with Crippen LogP contribution in [0.25, 0.3) is 0 Å². The van der Waals surface area contributed by atoms with Gasteiger partial charge in [-0.15, -0.1) is 11.8 Å². The normalized spacial score (nSPS) is 23.1. The molecular formula is C27H38F4N2O4S2. The zero-order valence-electron chi connectivity index (χ0n) is 22.7. The fourth-order valence-corrected chi connectivity index (χ4v) is 7.28. The first-order chi connectivity index (χ1) is 18.3. The molecule has 0 bridgehead atoms. The minimum absolute atomic E-state index is 0.00233. The summed E-state index contributed by atoms with van der Waals surface area (Å²) < 4.78 is 63.4. The Morgan fingerprint density at radius 2 is 1.87 bits per heavy atom. The van der Waals surface area contributed by atoms with Gasteiger partial charge < -0.3 is 19.5 Å². The van der Waals surface area contributed by atoms with Crippen LogP contribution in [0.15, 0.2) is 21.9 Å². The van der Waals surface area contributed by atoms with Gasteiger partial charge in [0.25, 0.3) is 0 Å². The topological polar surface area (TPSA) is 62.2 Å². The first-order valence-corrected chi connectivity index (χ1v) is 15.2. The van der Waals surface area contributed by atoms with Gasteiger partial charge in [-0.3, -0.25) is 4.79 Å². The monoisotopic (exact) mass is 594 g/mol.